The van der Waals surface area contributed by atoms with Crippen molar-refractivity contribution in [3.63, 3.8) is 0 Å². The monoisotopic (exact) mass is 342 g/mol. The average molecular weight is 342 g/mol. The molecule has 3 N–H and O–H groups in total. The Labute approximate surface area is 151 Å². The summed E-state index contributed by atoms with van der Waals surface area (Å²) in [6.07, 6.45) is 5.29. The van der Waals surface area contributed by atoms with E-state index in [1.54, 1.807) is 0 Å². The summed E-state index contributed by atoms with van der Waals surface area (Å²) >= 11 is 0. The summed E-state index contributed by atoms with van der Waals surface area (Å²) in [7, 11) is 2.07. The van der Waals surface area contributed by atoms with E-state index in [-0.39, 0.29) is 13.3 Å². The molecule has 2 rings (SSSR count). The van der Waals surface area contributed by atoms with Crippen molar-refractivity contribution in [2.75, 3.05) is 18.5 Å². The van der Waals surface area contributed by atoms with Gasteiger partial charge in [0.2, 0.25) is 5.91 Å². The molecule has 0 saturated heterocycles. The van der Waals surface area contributed by atoms with Crippen molar-refractivity contribution in [1.82, 2.24) is 10.4 Å². The number of hydrogen-bond donors (Lipinski definition) is 2. The van der Waals surface area contributed by atoms with E-state index in [9.17, 15) is 4.79 Å². The third kappa shape index (κ3) is 6.55. The first-order valence-electron chi connectivity index (χ1n) is 8.35. The van der Waals surface area contributed by atoms with Crippen LogP contribution < -0.4 is 16.2 Å². The summed E-state index contributed by atoms with van der Waals surface area (Å²) in [6.45, 7) is 3.18. The number of nitrogens with zero attached hydrogens (tertiary/aromatic N) is 2. The Morgan fingerprint density at radius 1 is 1.08 bits per heavy atom. The molecule has 1 aromatic carbocycles. The number of hydrogen-bond acceptors (Lipinski definition) is 4. The zero-order valence-electron chi connectivity index (χ0n) is 14.5. The van der Waals surface area contributed by atoms with Gasteiger partial charge in [-0.2, -0.15) is 0 Å². The van der Waals surface area contributed by atoms with Crippen LogP contribution in [0.5, 0.6) is 0 Å². The number of nitrogens with one attached hydrogen (secondary N) is 1. The quantitative estimate of drug-likeness (QED) is 0.440. The Kier molecular flexibility index (Phi) is 8.64. The number of carbonyl (C=O) groups excluding carboxylic acids is 1. The standard InChI is InChI=1S/C19H26N4O.CH4/c1-3-12-23(2)18-11-10-17(14-21-18)9-6-15-4-7-16(8-5-15)13-19(24)22-20;/h4-5,7-8,10-11,14H,3,6,9,12-13,20H2,1-2H3,(H,22,24);1H4. The van der Waals surface area contributed by atoms with Crippen LogP contribution in [0.15, 0.2) is 42.6 Å². The summed E-state index contributed by atoms with van der Waals surface area (Å²) in [4.78, 5) is 17.9. The molecule has 25 heavy (non-hydrogen) atoms. The molecule has 1 aromatic heterocycles. The molecule has 136 valence electrons. The van der Waals surface area contributed by atoms with Gasteiger partial charge in [0.25, 0.3) is 0 Å². The number of nitrogens with two attached hydrogens (primary N) is 1. The van der Waals surface area contributed by atoms with Crippen LogP contribution in [0, 0.1) is 0 Å². The lowest BCUT2D eigenvalue weighted by atomic mass is 10.0. The Morgan fingerprint density at radius 2 is 1.68 bits per heavy atom. The minimum atomic E-state index is -0.179. The van der Waals surface area contributed by atoms with Crippen molar-refractivity contribution >= 4 is 11.7 Å². The highest BCUT2D eigenvalue weighted by Gasteiger charge is 2.03. The summed E-state index contributed by atoms with van der Waals surface area (Å²) in [5.74, 6) is 5.94. The minimum Gasteiger partial charge on any atom is -0.360 e. The van der Waals surface area contributed by atoms with Crippen LogP contribution in [-0.2, 0) is 24.1 Å². The Hall–Kier alpha value is -2.40. The van der Waals surface area contributed by atoms with Gasteiger partial charge in [0.1, 0.15) is 5.82 Å². The van der Waals surface area contributed by atoms with Gasteiger partial charge in [-0.05, 0) is 42.0 Å². The van der Waals surface area contributed by atoms with Gasteiger partial charge in [0.05, 0.1) is 6.42 Å². The van der Waals surface area contributed by atoms with Crippen LogP contribution in [0.25, 0.3) is 0 Å². The van der Waals surface area contributed by atoms with Crippen molar-refractivity contribution in [3.8, 4) is 0 Å². The van der Waals surface area contributed by atoms with Crippen LogP contribution in [0.2, 0.25) is 0 Å². The van der Waals surface area contributed by atoms with E-state index in [4.69, 9.17) is 5.84 Å². The van der Waals surface area contributed by atoms with E-state index >= 15 is 0 Å². The van der Waals surface area contributed by atoms with Crippen LogP contribution in [0.4, 0.5) is 5.82 Å². The Morgan fingerprint density at radius 3 is 2.24 bits per heavy atom. The van der Waals surface area contributed by atoms with E-state index in [2.05, 4.69) is 53.5 Å². The van der Waals surface area contributed by atoms with Crippen molar-refractivity contribution in [2.45, 2.75) is 40.0 Å². The van der Waals surface area contributed by atoms with E-state index in [0.717, 1.165) is 37.2 Å². The van der Waals surface area contributed by atoms with Gasteiger partial charge in [-0.1, -0.05) is 44.7 Å². The van der Waals surface area contributed by atoms with Gasteiger partial charge in [-0.15, -0.1) is 0 Å². The maximum atomic E-state index is 11.2. The number of anilines is 1. The molecular weight excluding hydrogens is 312 g/mol. The number of aryl methyl sites for hydroxylation is 2. The number of benzene rings is 1. The molecule has 0 fully saturated rings. The molecule has 5 heteroatoms. The van der Waals surface area contributed by atoms with Gasteiger partial charge in [-0.25, -0.2) is 10.8 Å². The van der Waals surface area contributed by atoms with Crippen molar-refractivity contribution in [3.05, 3.63) is 59.3 Å². The lowest BCUT2D eigenvalue weighted by molar-refractivity contribution is -0.120. The number of rotatable bonds is 8. The Balaban J connectivity index is 0.00000312. The fourth-order valence-corrected chi connectivity index (χ4v) is 2.59. The van der Waals surface area contributed by atoms with Gasteiger partial charge >= 0.3 is 0 Å². The molecular formula is C20H30N4O. The Bertz CT molecular complexity index is 638. The largest absolute Gasteiger partial charge is 0.360 e. The summed E-state index contributed by atoms with van der Waals surface area (Å²) < 4.78 is 0. The molecule has 0 spiro atoms. The number of hydrazine groups is 1. The van der Waals surface area contributed by atoms with Gasteiger partial charge < -0.3 is 4.90 Å². The lowest BCUT2D eigenvalue weighted by Gasteiger charge is -2.17. The average Bonchev–Trinajstić information content (AvgIpc) is 2.61. The van der Waals surface area contributed by atoms with Crippen molar-refractivity contribution in [2.24, 2.45) is 5.84 Å². The molecule has 0 saturated carbocycles. The van der Waals surface area contributed by atoms with Crippen molar-refractivity contribution in [1.29, 1.82) is 0 Å². The maximum Gasteiger partial charge on any atom is 0.238 e. The number of amides is 1. The maximum absolute atomic E-state index is 11.2. The molecule has 0 radical (unpaired) electrons. The lowest BCUT2D eigenvalue weighted by Crippen LogP contribution is -2.31. The van der Waals surface area contributed by atoms with Gasteiger partial charge in [-0.3, -0.25) is 10.2 Å². The molecule has 0 atom stereocenters. The normalized spacial score (nSPS) is 10.0. The predicted molar refractivity (Wildman–Crippen MR) is 104 cm³/mol. The van der Waals surface area contributed by atoms with Crippen molar-refractivity contribution < 1.29 is 4.79 Å². The van der Waals surface area contributed by atoms with Gasteiger partial charge in [0, 0.05) is 19.8 Å². The van der Waals surface area contributed by atoms with E-state index in [1.165, 1.54) is 11.1 Å². The topological polar surface area (TPSA) is 71.2 Å². The second-order valence-corrected chi connectivity index (χ2v) is 6.01. The molecule has 0 aliphatic carbocycles. The fourth-order valence-electron chi connectivity index (χ4n) is 2.59. The third-order valence-corrected chi connectivity index (χ3v) is 4.01. The fraction of sp³-hybridized carbons (Fsp3) is 0.400. The smallest absolute Gasteiger partial charge is 0.238 e. The van der Waals surface area contributed by atoms with E-state index in [1.807, 2.05) is 18.3 Å². The number of pyridine rings is 1. The minimum absolute atomic E-state index is 0. The molecule has 0 unspecified atom stereocenters. The van der Waals surface area contributed by atoms with Crippen LogP contribution in [0.1, 0.15) is 37.5 Å². The second-order valence-electron chi connectivity index (χ2n) is 6.01. The highest BCUT2D eigenvalue weighted by molar-refractivity contribution is 5.77. The number of carbonyl (C=O) groups is 1. The highest BCUT2D eigenvalue weighted by atomic mass is 16.2. The molecule has 0 bridgehead atoms. The molecule has 1 heterocycles. The zero-order chi connectivity index (χ0) is 17.4. The van der Waals surface area contributed by atoms with Crippen LogP contribution in [0.3, 0.4) is 0 Å². The summed E-state index contributed by atoms with van der Waals surface area (Å²) in [6, 6.07) is 12.3. The van der Waals surface area contributed by atoms with E-state index in [0.29, 0.717) is 6.42 Å². The van der Waals surface area contributed by atoms with Crippen LogP contribution in [-0.4, -0.2) is 24.5 Å². The summed E-state index contributed by atoms with van der Waals surface area (Å²) in [5, 5.41) is 0. The predicted octanol–water partition coefficient (Wildman–Crippen LogP) is 2.88. The molecule has 5 nitrogen and oxygen atoms in total. The third-order valence-electron chi connectivity index (χ3n) is 4.01. The summed E-state index contributed by atoms with van der Waals surface area (Å²) in [5.41, 5.74) is 5.59. The number of aromatic nitrogens is 1. The second kappa shape index (κ2) is 10.5. The molecule has 0 aliphatic rings. The SMILES string of the molecule is C.CCCN(C)c1ccc(CCc2ccc(CC(=O)NN)cc2)cn1. The molecule has 1 amide bonds. The first kappa shape index (κ1) is 20.6. The highest BCUT2D eigenvalue weighted by Crippen LogP contribution is 2.13. The molecule has 2 aromatic rings. The first-order chi connectivity index (χ1) is 11.6. The van der Waals surface area contributed by atoms with E-state index < -0.39 is 0 Å². The van der Waals surface area contributed by atoms with Crippen LogP contribution >= 0.6 is 0 Å². The molecule has 0 aliphatic heterocycles. The van der Waals surface area contributed by atoms with Gasteiger partial charge in [0.15, 0.2) is 0 Å². The zero-order valence-corrected chi connectivity index (χ0v) is 14.5. The first-order valence-corrected chi connectivity index (χ1v) is 8.35.